The smallest absolute Gasteiger partial charge is 0.357 e. The van der Waals surface area contributed by atoms with Crippen molar-refractivity contribution in [3.05, 3.63) is 11.3 Å². The van der Waals surface area contributed by atoms with Crippen molar-refractivity contribution in [2.75, 3.05) is 25.6 Å². The fourth-order valence-electron chi connectivity index (χ4n) is 2.83. The third-order valence-corrected chi connectivity index (χ3v) is 5.74. The lowest BCUT2D eigenvalue weighted by atomic mass is 9.98. The first-order valence-electron chi connectivity index (χ1n) is 8.74. The third-order valence-electron chi connectivity index (χ3n) is 4.31. The third kappa shape index (κ3) is 3.90. The molecule has 9 nitrogen and oxygen atoms in total. The van der Waals surface area contributed by atoms with Crippen molar-refractivity contribution in [1.82, 2.24) is 15.5 Å². The maximum absolute atomic E-state index is 12.6. The van der Waals surface area contributed by atoms with Gasteiger partial charge in [-0.05, 0) is 33.3 Å². The highest BCUT2D eigenvalue weighted by Crippen LogP contribution is 2.40. The number of β-lactam (4-membered cyclic amide) rings is 1. The lowest BCUT2D eigenvalue weighted by Gasteiger charge is -2.49. The van der Waals surface area contributed by atoms with E-state index in [0.29, 0.717) is 18.3 Å². The SMILES string of the molecule is CC1=C(C(=O)OCOC(=O)C(C)(C)C)N2C(=O)C(NC3=NCCN3)[C@H]2SC1. The number of guanidine groups is 1. The molecule has 3 rings (SSSR count). The van der Waals surface area contributed by atoms with E-state index >= 15 is 0 Å². The Morgan fingerprint density at radius 3 is 2.74 bits per heavy atom. The van der Waals surface area contributed by atoms with Gasteiger partial charge in [0.2, 0.25) is 6.79 Å². The van der Waals surface area contributed by atoms with Gasteiger partial charge in [-0.1, -0.05) is 0 Å². The summed E-state index contributed by atoms with van der Waals surface area (Å²) in [5.74, 6) is -0.117. The highest BCUT2D eigenvalue weighted by Gasteiger charge is 2.53. The molecule has 10 heteroatoms. The Balaban J connectivity index is 1.60. The molecule has 0 saturated carbocycles. The first-order chi connectivity index (χ1) is 12.7. The van der Waals surface area contributed by atoms with E-state index < -0.39 is 30.2 Å². The van der Waals surface area contributed by atoms with E-state index in [-0.39, 0.29) is 17.0 Å². The average molecular weight is 396 g/mol. The number of aliphatic imine (C=N–C) groups is 1. The Kier molecular flexibility index (Phi) is 5.36. The summed E-state index contributed by atoms with van der Waals surface area (Å²) in [7, 11) is 0. The standard InChI is InChI=1S/C17H24N4O5S/c1-9-7-27-13-10(20-16-18-5-6-19-16)12(22)21(13)11(9)14(23)25-8-26-15(24)17(2,3)4/h10,13H,5-8H2,1-4H3,(H2,18,19,20)/t10?,13-/m1/s1. The molecule has 1 amide bonds. The molecule has 2 atom stereocenters. The molecule has 0 bridgehead atoms. The zero-order valence-corrected chi connectivity index (χ0v) is 16.6. The van der Waals surface area contributed by atoms with Crippen LogP contribution in [0.2, 0.25) is 0 Å². The van der Waals surface area contributed by atoms with Crippen LogP contribution >= 0.6 is 11.8 Å². The quantitative estimate of drug-likeness (QED) is 0.394. The minimum Gasteiger partial charge on any atom is -0.427 e. The molecule has 3 aliphatic heterocycles. The molecule has 2 N–H and O–H groups in total. The molecule has 3 aliphatic rings. The van der Waals surface area contributed by atoms with Gasteiger partial charge < -0.3 is 20.1 Å². The highest BCUT2D eigenvalue weighted by atomic mass is 32.2. The maximum Gasteiger partial charge on any atom is 0.357 e. The second kappa shape index (κ2) is 7.41. The van der Waals surface area contributed by atoms with Crippen molar-refractivity contribution in [1.29, 1.82) is 0 Å². The zero-order valence-electron chi connectivity index (χ0n) is 15.8. The molecule has 0 radical (unpaired) electrons. The number of ether oxygens (including phenoxy) is 2. The normalized spacial score (nSPS) is 24.5. The number of amides is 1. The van der Waals surface area contributed by atoms with Crippen molar-refractivity contribution >= 4 is 35.6 Å². The van der Waals surface area contributed by atoms with Crippen LogP contribution in [0, 0.1) is 5.41 Å². The number of carbonyl (C=O) groups excluding carboxylic acids is 3. The van der Waals surface area contributed by atoms with Crippen molar-refractivity contribution in [3.63, 3.8) is 0 Å². The fraction of sp³-hybridized carbons (Fsp3) is 0.647. The Morgan fingerprint density at radius 1 is 1.37 bits per heavy atom. The van der Waals surface area contributed by atoms with Crippen molar-refractivity contribution in [2.45, 2.75) is 39.1 Å². The Hall–Kier alpha value is -2.23. The summed E-state index contributed by atoms with van der Waals surface area (Å²) in [4.78, 5) is 42.5. The molecule has 0 aliphatic carbocycles. The van der Waals surface area contributed by atoms with Crippen LogP contribution in [-0.4, -0.2) is 65.8 Å². The topological polar surface area (TPSA) is 109 Å². The molecule has 27 heavy (non-hydrogen) atoms. The summed E-state index contributed by atoms with van der Waals surface area (Å²) in [6, 6.07) is -0.436. The monoisotopic (exact) mass is 396 g/mol. The number of hydrogen-bond donors (Lipinski definition) is 2. The minimum absolute atomic E-state index is 0.203. The summed E-state index contributed by atoms with van der Waals surface area (Å²) in [5, 5.41) is 5.97. The van der Waals surface area contributed by atoms with E-state index in [2.05, 4.69) is 15.6 Å². The van der Waals surface area contributed by atoms with E-state index in [1.807, 2.05) is 0 Å². The second-order valence-corrected chi connectivity index (χ2v) is 8.65. The van der Waals surface area contributed by atoms with Gasteiger partial charge in [0, 0.05) is 12.3 Å². The van der Waals surface area contributed by atoms with Gasteiger partial charge in [-0.15, -0.1) is 11.8 Å². The van der Waals surface area contributed by atoms with Gasteiger partial charge >= 0.3 is 11.9 Å². The van der Waals surface area contributed by atoms with Gasteiger partial charge in [-0.25, -0.2) is 4.79 Å². The van der Waals surface area contributed by atoms with E-state index in [1.165, 1.54) is 4.90 Å². The number of hydrogen-bond acceptors (Lipinski definition) is 9. The maximum atomic E-state index is 12.6. The summed E-state index contributed by atoms with van der Waals surface area (Å²) in [6.07, 6.45) is 0. The minimum atomic E-state index is -0.683. The van der Waals surface area contributed by atoms with Crippen molar-refractivity contribution in [2.24, 2.45) is 10.4 Å². The number of esters is 2. The van der Waals surface area contributed by atoms with Crippen LogP contribution in [0.25, 0.3) is 0 Å². The summed E-state index contributed by atoms with van der Waals surface area (Å²) in [5.41, 5.74) is 0.304. The summed E-state index contributed by atoms with van der Waals surface area (Å²) < 4.78 is 10.1. The Bertz CT molecular complexity index is 727. The molecule has 1 fully saturated rings. The number of nitrogens with one attached hydrogen (secondary N) is 2. The summed E-state index contributed by atoms with van der Waals surface area (Å²) in [6.45, 7) is 7.86. The van der Waals surface area contributed by atoms with E-state index in [1.54, 1.807) is 39.5 Å². The predicted octanol–water partition coefficient (Wildman–Crippen LogP) is 0.183. The van der Waals surface area contributed by atoms with Gasteiger partial charge in [0.05, 0.1) is 12.0 Å². The molecule has 0 spiro atoms. The lowest BCUT2D eigenvalue weighted by molar-refractivity contribution is -0.173. The van der Waals surface area contributed by atoms with Gasteiger partial charge in [-0.3, -0.25) is 19.5 Å². The van der Waals surface area contributed by atoms with E-state index in [9.17, 15) is 14.4 Å². The van der Waals surface area contributed by atoms with Crippen LogP contribution in [0.15, 0.2) is 16.3 Å². The Morgan fingerprint density at radius 2 is 2.11 bits per heavy atom. The zero-order chi connectivity index (χ0) is 19.8. The highest BCUT2D eigenvalue weighted by molar-refractivity contribution is 8.00. The predicted molar refractivity (Wildman–Crippen MR) is 99.5 cm³/mol. The number of nitrogens with zero attached hydrogens (tertiary/aromatic N) is 2. The molecule has 1 saturated heterocycles. The number of rotatable bonds is 4. The number of fused-ring (bicyclic) bond motifs is 1. The van der Waals surface area contributed by atoms with Gasteiger partial charge in [-0.2, -0.15) is 0 Å². The average Bonchev–Trinajstić information content (AvgIpc) is 3.11. The molecular formula is C17H24N4O5S. The molecular weight excluding hydrogens is 372 g/mol. The molecule has 0 aromatic rings. The fourth-order valence-corrected chi connectivity index (χ4v) is 4.12. The molecule has 3 heterocycles. The van der Waals surface area contributed by atoms with E-state index in [0.717, 1.165) is 12.1 Å². The van der Waals surface area contributed by atoms with Crippen LogP contribution in [-0.2, 0) is 23.9 Å². The van der Waals surface area contributed by atoms with Crippen LogP contribution < -0.4 is 10.6 Å². The molecule has 0 aromatic heterocycles. The largest absolute Gasteiger partial charge is 0.427 e. The van der Waals surface area contributed by atoms with E-state index in [4.69, 9.17) is 9.47 Å². The van der Waals surface area contributed by atoms with Gasteiger partial charge in [0.15, 0.2) is 5.96 Å². The summed E-state index contributed by atoms with van der Waals surface area (Å²) >= 11 is 1.58. The van der Waals surface area contributed by atoms with Crippen molar-refractivity contribution in [3.8, 4) is 0 Å². The van der Waals surface area contributed by atoms with Crippen molar-refractivity contribution < 1.29 is 23.9 Å². The van der Waals surface area contributed by atoms with Crippen LogP contribution in [0.3, 0.4) is 0 Å². The van der Waals surface area contributed by atoms with Gasteiger partial charge in [0.25, 0.3) is 5.91 Å². The first kappa shape index (κ1) is 19.5. The molecule has 1 unspecified atom stereocenters. The lowest BCUT2D eigenvalue weighted by Crippen LogP contribution is -2.71. The Labute approximate surface area is 161 Å². The first-order valence-corrected chi connectivity index (χ1v) is 9.78. The van der Waals surface area contributed by atoms with Crippen LogP contribution in [0.1, 0.15) is 27.7 Å². The number of thioether (sulfide) groups is 1. The second-order valence-electron chi connectivity index (χ2n) is 7.55. The number of carbonyl (C=O) groups is 3. The molecule has 0 aromatic carbocycles. The van der Waals surface area contributed by atoms with Crippen LogP contribution in [0.4, 0.5) is 0 Å². The van der Waals surface area contributed by atoms with Gasteiger partial charge in [0.1, 0.15) is 17.1 Å². The van der Waals surface area contributed by atoms with Crippen LogP contribution in [0.5, 0.6) is 0 Å². The molecule has 148 valence electrons.